The SMILES string of the molecule is C=C(Oc1c(C)c(C)cc(C(=O)O)c1C)C(=O)O.C=C(Oc1c(C)c(C)cc(C(=O)OC)c1C)C(=O)OC.C=CC(=O)OC.COC(=O)C(Br)CBr.COC(=O)C(Br)CN1CCCC1.COC(=O)c1cc(C)c(C)c(O)c1C.COC(=O)c1cc(C)c(C)c(OC(CN2CCCC2)C(=O)OC)c1C.S.S=S.S=S=S.S=S=S=S. The second kappa shape index (κ2) is 63.9. The van der Waals surface area contributed by atoms with E-state index in [2.05, 4.69) is 168 Å². The number of ether oxygens (including phenoxy) is 11. The van der Waals surface area contributed by atoms with E-state index in [4.69, 9.17) is 38.6 Å². The number of carboxylic acid groups (broad SMARTS) is 2. The number of esters is 8. The van der Waals surface area contributed by atoms with Gasteiger partial charge in [0.25, 0.3) is 0 Å². The van der Waals surface area contributed by atoms with Gasteiger partial charge in [0.15, 0.2) is 0 Å². The Morgan fingerprint density at radius 1 is 0.478 bits per heavy atom. The highest BCUT2D eigenvalue weighted by Crippen LogP contribution is 2.34. The van der Waals surface area contributed by atoms with E-state index in [1.807, 2.05) is 41.5 Å². The van der Waals surface area contributed by atoms with Crippen molar-refractivity contribution in [3.8, 4) is 23.0 Å². The van der Waals surface area contributed by atoms with Gasteiger partial charge in [-0.15, -0.1) is 0 Å². The highest BCUT2D eigenvalue weighted by molar-refractivity contribution is 9.12. The first-order valence-corrected chi connectivity index (χ1v) is 43.7. The van der Waals surface area contributed by atoms with E-state index in [-0.39, 0.29) is 57.9 Å². The Kier molecular flexibility index (Phi) is 65.1. The maximum absolute atomic E-state index is 12.2. The lowest BCUT2D eigenvalue weighted by Gasteiger charge is -2.25. The lowest BCUT2D eigenvalue weighted by atomic mass is 9.99. The number of carbonyl (C=O) groups excluding carboxylic acids is 8. The molecule has 2 heterocycles. The molecule has 0 aromatic heterocycles. The van der Waals surface area contributed by atoms with Crippen LogP contribution in [0.15, 0.2) is 61.6 Å². The Morgan fingerprint density at radius 2 is 0.805 bits per heavy atom. The van der Waals surface area contributed by atoms with E-state index in [1.165, 1.54) is 93.5 Å². The van der Waals surface area contributed by atoms with Gasteiger partial charge in [0, 0.05) is 141 Å². The van der Waals surface area contributed by atoms with Gasteiger partial charge in [-0.3, -0.25) is 14.5 Å². The molecule has 2 aliphatic heterocycles. The second-order valence-corrected chi connectivity index (χ2v) is 31.3. The fourth-order valence-electron chi connectivity index (χ4n) is 9.49. The molecule has 3 N–H and O–H groups in total. The second-order valence-electron chi connectivity index (χ2n) is 23.1. The van der Waals surface area contributed by atoms with Crippen LogP contribution < -0.4 is 14.2 Å². The summed E-state index contributed by atoms with van der Waals surface area (Å²) in [5.41, 5.74) is 10.1. The average molecular weight is 1960 g/mol. The van der Waals surface area contributed by atoms with Crippen LogP contribution in [0.2, 0.25) is 0 Å². The molecule has 2 fully saturated rings. The third-order valence-electron chi connectivity index (χ3n) is 16.1. The Bertz CT molecular complexity index is 4020. The number of methoxy groups -OCH3 is 8. The number of aromatic hydroxyl groups is 1. The number of nitrogens with zero attached hydrogens (tertiary/aromatic N) is 2. The number of phenolic OH excluding ortho intramolecular Hbond substituents is 1. The molecular weight excluding hydrogens is 1860 g/mol. The van der Waals surface area contributed by atoms with Crippen LogP contribution >= 0.6 is 61.3 Å². The van der Waals surface area contributed by atoms with Gasteiger partial charge in [-0.2, -0.15) is 13.5 Å². The molecule has 0 saturated carbocycles. The number of hydrogen-bond donors (Lipinski definition) is 3. The van der Waals surface area contributed by atoms with Gasteiger partial charge >= 0.3 is 59.7 Å². The molecule has 6 rings (SSSR count). The summed E-state index contributed by atoms with van der Waals surface area (Å²) in [7, 11) is 13.9. The highest BCUT2D eigenvalue weighted by atomic mass is 79.9. The Labute approximate surface area is 732 Å². The summed E-state index contributed by atoms with van der Waals surface area (Å²) in [6.07, 6.45) is 5.14. The summed E-state index contributed by atoms with van der Waals surface area (Å²) in [4.78, 5) is 116. The number of carbonyl (C=O) groups is 10. The summed E-state index contributed by atoms with van der Waals surface area (Å²) in [5, 5.41) is 28.1. The molecule has 0 spiro atoms. The topological polar surface area (TPSA) is 339 Å². The Balaban J connectivity index is -0.000000406. The highest BCUT2D eigenvalue weighted by Gasteiger charge is 2.30. The molecule has 0 amide bonds. The van der Waals surface area contributed by atoms with E-state index >= 15 is 0 Å². The maximum Gasteiger partial charge on any atom is 0.373 e. The summed E-state index contributed by atoms with van der Waals surface area (Å²) < 4.78 is 53.5. The lowest BCUT2D eigenvalue weighted by molar-refractivity contribution is -0.149. The number of aryl methyl sites for hydroxylation is 4. The first-order valence-electron chi connectivity index (χ1n) is 32.8. The van der Waals surface area contributed by atoms with Gasteiger partial charge < -0.3 is 72.3 Å². The first-order chi connectivity index (χ1) is 52.5. The minimum atomic E-state index is -1.29. The standard InChI is InChI=1S/C19H27NO5.C15H18O5.C13H14O5.C11H14O3.C8H14BrNO2.C4H6Br2O2.C4H6O2.S4.S3.S2.H2S/c1-12-10-15(18(21)23-4)14(3)17(13(12)2)25-16(19(22)24-5)11-20-8-6-7-9-20;1-8-7-12(15(17)19-6)10(3)13(9(8)2)20-11(4)14(16)18-5;1-6-5-10(13(16)17)8(3)11(7(6)2)18-9(4)12(14)15;1-6-5-9(11(13)14-4)8(3)10(12)7(6)2;1-12-8(11)7(9)6-10-4-2-3-5-10;1-8-4(7)3(6)2-5;1-3-4(5)6-2;1-3-4-2;1-3-2;1-2;/h10,16H,6-9,11H2,1-5H3;7H,4H2,1-3,5-6H3;5H,4H2,1-3H3,(H,14,15)(H,16,17);5,12H,1-4H3;7H,2-6H2,1H3;3H,2H2,1H3;3H,1H2,2H3;;;;1H2. The Hall–Kier alpha value is -6.31. The fraction of sp³-hybridized carbons (Fsp3) is 0.459. The van der Waals surface area contributed by atoms with Crippen LogP contribution in [-0.4, -0.2) is 202 Å². The maximum atomic E-state index is 12.2. The smallest absolute Gasteiger partial charge is 0.373 e. The lowest BCUT2D eigenvalue weighted by Crippen LogP contribution is -2.40. The minimum absolute atomic E-state index is 0. The van der Waals surface area contributed by atoms with Crippen molar-refractivity contribution in [3.63, 3.8) is 0 Å². The fourth-order valence-corrected chi connectivity index (χ4v) is 10.5. The number of likely N-dealkylation sites (tertiary alicyclic amines) is 2. The van der Waals surface area contributed by atoms with Crippen LogP contribution in [0.5, 0.6) is 23.0 Å². The average Bonchev–Trinajstić information content (AvgIpc) is 1.06. The van der Waals surface area contributed by atoms with Crippen LogP contribution in [0.4, 0.5) is 0 Å². The number of phenols is 1. The van der Waals surface area contributed by atoms with E-state index in [1.54, 1.807) is 59.7 Å². The van der Waals surface area contributed by atoms with Gasteiger partial charge in [0.1, 0.15) is 32.7 Å². The zero-order valence-corrected chi connectivity index (χ0v) is 79.7. The first kappa shape index (κ1) is 115. The number of halogens is 3. The van der Waals surface area contributed by atoms with Crippen molar-refractivity contribution in [1.29, 1.82) is 0 Å². The van der Waals surface area contributed by atoms with E-state index in [0.717, 1.165) is 93.9 Å². The van der Waals surface area contributed by atoms with Gasteiger partial charge in [0.05, 0.1) is 79.1 Å². The van der Waals surface area contributed by atoms with Crippen molar-refractivity contribution >= 4 is 215 Å². The Morgan fingerprint density at radius 3 is 1.12 bits per heavy atom. The monoisotopic (exact) mass is 1960 g/mol. The van der Waals surface area contributed by atoms with Gasteiger partial charge in [-0.05, 0) is 217 Å². The van der Waals surface area contributed by atoms with Crippen molar-refractivity contribution in [3.05, 3.63) is 151 Å². The zero-order valence-electron chi connectivity index (χ0n) is 66.6. The number of carboxylic acids is 2. The van der Waals surface area contributed by atoms with E-state index in [9.17, 15) is 53.1 Å². The summed E-state index contributed by atoms with van der Waals surface area (Å²) in [6, 6.07) is 6.78. The molecule has 0 radical (unpaired) electrons. The largest absolute Gasteiger partial charge is 0.507 e. The molecule has 3 unspecified atom stereocenters. The molecule has 0 bridgehead atoms. The molecule has 26 nitrogen and oxygen atoms in total. The van der Waals surface area contributed by atoms with Crippen molar-refractivity contribution < 1.29 is 115 Å². The third-order valence-corrected chi connectivity index (χ3v) is 21.2. The molecule has 2 aliphatic rings. The summed E-state index contributed by atoms with van der Waals surface area (Å²) in [5.74, 6) is -4.76. The van der Waals surface area contributed by atoms with E-state index in [0.29, 0.717) is 73.4 Å². The predicted octanol–water partition coefficient (Wildman–Crippen LogP) is 12.0. The van der Waals surface area contributed by atoms with Crippen LogP contribution in [0.25, 0.3) is 0 Å². The van der Waals surface area contributed by atoms with Crippen LogP contribution in [-0.2, 0) is 160 Å². The van der Waals surface area contributed by atoms with Crippen LogP contribution in [0.1, 0.15) is 134 Å². The van der Waals surface area contributed by atoms with Crippen molar-refractivity contribution in [2.24, 2.45) is 0 Å². The molecule has 0 aliphatic carbocycles. The van der Waals surface area contributed by atoms with E-state index < -0.39 is 59.6 Å². The number of aliphatic carboxylic acids is 1. The molecule has 632 valence electrons. The molecule has 113 heavy (non-hydrogen) atoms. The molecule has 2 saturated heterocycles. The zero-order chi connectivity index (χ0) is 87.6. The summed E-state index contributed by atoms with van der Waals surface area (Å²) >= 11 is 33.7. The molecule has 4 aromatic carbocycles. The molecule has 3 atom stereocenters. The number of aromatic carboxylic acids is 1. The van der Waals surface area contributed by atoms with Crippen molar-refractivity contribution in [1.82, 2.24) is 9.80 Å². The minimum Gasteiger partial charge on any atom is -0.507 e. The van der Waals surface area contributed by atoms with Gasteiger partial charge in [-0.25, -0.2) is 38.4 Å². The summed E-state index contributed by atoms with van der Waals surface area (Å²) in [6.45, 7) is 36.8. The molecule has 39 heteroatoms. The number of rotatable bonds is 21. The number of benzene rings is 4. The number of alkyl halides is 3. The van der Waals surface area contributed by atoms with Crippen LogP contribution in [0.3, 0.4) is 0 Å². The van der Waals surface area contributed by atoms with Crippen LogP contribution in [0, 0.1) is 83.1 Å². The quantitative estimate of drug-likeness (QED) is 0.0229. The van der Waals surface area contributed by atoms with Gasteiger partial charge in [-0.1, -0.05) is 54.4 Å². The third kappa shape index (κ3) is 41.9. The molecular formula is C74H101Br3N2O24S10. The number of hydrogen-bond acceptors (Lipinski definition) is 30. The van der Waals surface area contributed by atoms with Gasteiger partial charge in [0.2, 0.25) is 17.6 Å². The van der Waals surface area contributed by atoms with Crippen molar-refractivity contribution in [2.75, 3.05) is 101 Å². The predicted molar refractivity (Wildman–Crippen MR) is 474 cm³/mol. The molecule has 4 aromatic rings. The van der Waals surface area contributed by atoms with Crippen molar-refractivity contribution in [2.45, 2.75) is 125 Å². The normalized spacial score (nSPS) is 11.8.